The number of hydrogen-bond acceptors (Lipinski definition) is 4. The number of para-hydroxylation sites is 1. The second-order valence-electron chi connectivity index (χ2n) is 5.81. The normalized spacial score (nSPS) is 11.0. The molecule has 7 heteroatoms. The average molecular weight is 399 g/mol. The number of benzene rings is 2. The quantitative estimate of drug-likeness (QED) is 0.479. The van der Waals surface area contributed by atoms with Crippen LogP contribution < -0.4 is 5.43 Å². The van der Waals surface area contributed by atoms with Gasteiger partial charge in [0.05, 0.1) is 28.9 Å². The Kier molecular flexibility index (Phi) is 6.68. The predicted molar refractivity (Wildman–Crippen MR) is 112 cm³/mol. The second kappa shape index (κ2) is 9.39. The first-order valence-corrected chi connectivity index (χ1v) is 9.92. The molecule has 1 amide bonds. The zero-order valence-electron chi connectivity index (χ0n) is 14.8. The molecule has 0 saturated carbocycles. The fraction of sp³-hybridized carbons (Fsp3) is 0.150. The molecular weight excluding hydrogens is 380 g/mol. The van der Waals surface area contributed by atoms with Crippen LogP contribution in [0, 0.1) is 6.92 Å². The van der Waals surface area contributed by atoms with Crippen LogP contribution in [-0.2, 0) is 10.5 Å². The molecule has 0 radical (unpaired) electrons. The van der Waals surface area contributed by atoms with Gasteiger partial charge in [-0.05, 0) is 24.6 Å². The van der Waals surface area contributed by atoms with Gasteiger partial charge in [0.2, 0.25) is 5.91 Å². The third kappa shape index (κ3) is 5.21. The van der Waals surface area contributed by atoms with Gasteiger partial charge in [0.15, 0.2) is 5.15 Å². The topological polar surface area (TPSA) is 59.3 Å². The maximum absolute atomic E-state index is 11.9. The van der Waals surface area contributed by atoms with Crippen LogP contribution in [0.2, 0.25) is 5.15 Å². The van der Waals surface area contributed by atoms with Crippen LogP contribution in [0.3, 0.4) is 0 Å². The van der Waals surface area contributed by atoms with Gasteiger partial charge in [-0.3, -0.25) is 4.79 Å². The monoisotopic (exact) mass is 398 g/mol. The number of rotatable bonds is 7. The molecule has 0 atom stereocenters. The number of thioether (sulfide) groups is 1. The summed E-state index contributed by atoms with van der Waals surface area (Å²) in [6.07, 6.45) is 1.53. The van der Waals surface area contributed by atoms with E-state index in [4.69, 9.17) is 11.6 Å². The van der Waals surface area contributed by atoms with Gasteiger partial charge < -0.3 is 0 Å². The summed E-state index contributed by atoms with van der Waals surface area (Å²) < 4.78 is 1.75. The Hall–Kier alpha value is -2.57. The van der Waals surface area contributed by atoms with Gasteiger partial charge in [0, 0.05) is 5.75 Å². The Balaban J connectivity index is 1.55. The standard InChI is InChI=1S/C20H19ClN4OS/c1-15-18(20(21)24-25(15)17-10-6-3-7-11-17)12-22-23-19(26)14-27-13-16-8-4-2-5-9-16/h2-12H,13-14H2,1H3,(H,23,26)/b22-12-. The SMILES string of the molecule is Cc1c(/C=N\NC(=O)CSCc2ccccc2)c(Cl)nn1-c1ccccc1. The highest BCUT2D eigenvalue weighted by molar-refractivity contribution is 7.99. The van der Waals surface area contributed by atoms with Crippen molar-refractivity contribution in [2.75, 3.05) is 5.75 Å². The van der Waals surface area contributed by atoms with Crippen molar-refractivity contribution in [3.63, 3.8) is 0 Å². The van der Waals surface area contributed by atoms with E-state index in [0.717, 1.165) is 17.1 Å². The first kappa shape index (κ1) is 19.2. The van der Waals surface area contributed by atoms with Crippen molar-refractivity contribution in [1.29, 1.82) is 0 Å². The molecular formula is C20H19ClN4OS. The molecule has 0 spiro atoms. The summed E-state index contributed by atoms with van der Waals surface area (Å²) in [6, 6.07) is 19.7. The van der Waals surface area contributed by atoms with E-state index in [1.54, 1.807) is 4.68 Å². The summed E-state index contributed by atoms with van der Waals surface area (Å²) in [7, 11) is 0. The third-order valence-electron chi connectivity index (χ3n) is 3.85. The summed E-state index contributed by atoms with van der Waals surface area (Å²) in [5.74, 6) is 0.964. The van der Waals surface area contributed by atoms with Crippen molar-refractivity contribution in [3.8, 4) is 5.69 Å². The Bertz CT molecular complexity index is 926. The van der Waals surface area contributed by atoms with Crippen molar-refractivity contribution in [3.05, 3.63) is 82.6 Å². The minimum Gasteiger partial charge on any atom is -0.272 e. The molecule has 0 fully saturated rings. The summed E-state index contributed by atoms with van der Waals surface area (Å²) in [5.41, 5.74) is 6.17. The fourth-order valence-corrected chi connectivity index (χ4v) is 3.53. The summed E-state index contributed by atoms with van der Waals surface area (Å²) in [5, 5.41) is 8.70. The first-order chi connectivity index (χ1) is 13.1. The number of carbonyl (C=O) groups excluding carboxylic acids is 1. The van der Waals surface area contributed by atoms with Gasteiger partial charge in [0.1, 0.15) is 0 Å². The summed E-state index contributed by atoms with van der Waals surface area (Å²) in [6.45, 7) is 1.91. The maximum Gasteiger partial charge on any atom is 0.250 e. The van der Waals surface area contributed by atoms with E-state index in [-0.39, 0.29) is 5.91 Å². The van der Waals surface area contributed by atoms with Crippen LogP contribution in [0.25, 0.3) is 5.69 Å². The highest BCUT2D eigenvalue weighted by Gasteiger charge is 2.12. The minimum atomic E-state index is -0.156. The summed E-state index contributed by atoms with van der Waals surface area (Å²) >= 11 is 7.77. The zero-order valence-corrected chi connectivity index (χ0v) is 16.4. The molecule has 0 aliphatic rings. The van der Waals surface area contributed by atoms with Crippen molar-refractivity contribution >= 4 is 35.5 Å². The molecule has 0 unspecified atom stereocenters. The molecule has 0 saturated heterocycles. The largest absolute Gasteiger partial charge is 0.272 e. The number of amides is 1. The number of aromatic nitrogens is 2. The molecule has 0 bridgehead atoms. The fourth-order valence-electron chi connectivity index (χ4n) is 2.48. The van der Waals surface area contributed by atoms with Gasteiger partial charge in [-0.25, -0.2) is 10.1 Å². The lowest BCUT2D eigenvalue weighted by atomic mass is 10.2. The number of carbonyl (C=O) groups is 1. The molecule has 1 N–H and O–H groups in total. The van der Waals surface area contributed by atoms with Gasteiger partial charge in [-0.15, -0.1) is 11.8 Å². The van der Waals surface area contributed by atoms with E-state index in [1.165, 1.54) is 23.5 Å². The molecule has 27 heavy (non-hydrogen) atoms. The smallest absolute Gasteiger partial charge is 0.250 e. The number of halogens is 1. The lowest BCUT2D eigenvalue weighted by Gasteiger charge is -2.03. The van der Waals surface area contributed by atoms with Crippen molar-refractivity contribution in [2.45, 2.75) is 12.7 Å². The molecule has 0 aliphatic carbocycles. The highest BCUT2D eigenvalue weighted by Crippen LogP contribution is 2.20. The van der Waals surface area contributed by atoms with Crippen molar-refractivity contribution in [1.82, 2.24) is 15.2 Å². The molecule has 138 valence electrons. The molecule has 1 heterocycles. The Labute approximate surface area is 167 Å². The lowest BCUT2D eigenvalue weighted by molar-refractivity contribution is -0.118. The molecule has 3 rings (SSSR count). The second-order valence-corrected chi connectivity index (χ2v) is 7.15. The molecule has 2 aromatic carbocycles. The van der Waals surface area contributed by atoms with E-state index in [0.29, 0.717) is 16.5 Å². The Morgan fingerprint density at radius 3 is 2.56 bits per heavy atom. The van der Waals surface area contributed by atoms with Crippen LogP contribution in [0.5, 0.6) is 0 Å². The average Bonchev–Trinajstić information content (AvgIpc) is 2.98. The van der Waals surface area contributed by atoms with Crippen molar-refractivity contribution in [2.24, 2.45) is 5.10 Å². The summed E-state index contributed by atoms with van der Waals surface area (Å²) in [4.78, 5) is 11.9. The number of nitrogens with zero attached hydrogens (tertiary/aromatic N) is 3. The third-order valence-corrected chi connectivity index (χ3v) is 5.13. The zero-order chi connectivity index (χ0) is 19.1. The molecule has 5 nitrogen and oxygen atoms in total. The van der Waals surface area contributed by atoms with Crippen LogP contribution in [0.4, 0.5) is 0 Å². The number of hydrogen-bond donors (Lipinski definition) is 1. The van der Waals surface area contributed by atoms with E-state index >= 15 is 0 Å². The first-order valence-electron chi connectivity index (χ1n) is 8.39. The Morgan fingerprint density at radius 1 is 1.19 bits per heavy atom. The van der Waals surface area contributed by atoms with Crippen molar-refractivity contribution < 1.29 is 4.79 Å². The van der Waals surface area contributed by atoms with Gasteiger partial charge in [-0.2, -0.15) is 10.2 Å². The Morgan fingerprint density at radius 2 is 1.85 bits per heavy atom. The van der Waals surface area contributed by atoms with E-state index in [9.17, 15) is 4.79 Å². The predicted octanol–water partition coefficient (Wildman–Crippen LogP) is 4.22. The minimum absolute atomic E-state index is 0.156. The molecule has 1 aromatic heterocycles. The maximum atomic E-state index is 11.9. The van der Waals surface area contributed by atoms with Crippen LogP contribution in [0.1, 0.15) is 16.8 Å². The van der Waals surface area contributed by atoms with E-state index in [1.807, 2.05) is 67.6 Å². The molecule has 0 aliphatic heterocycles. The van der Waals surface area contributed by atoms with Gasteiger partial charge in [0.25, 0.3) is 0 Å². The van der Waals surface area contributed by atoms with Gasteiger partial charge >= 0.3 is 0 Å². The van der Waals surface area contributed by atoms with Crippen LogP contribution in [-0.4, -0.2) is 27.7 Å². The van der Waals surface area contributed by atoms with Crippen LogP contribution >= 0.6 is 23.4 Å². The van der Waals surface area contributed by atoms with E-state index in [2.05, 4.69) is 15.6 Å². The lowest BCUT2D eigenvalue weighted by Crippen LogP contribution is -2.19. The highest BCUT2D eigenvalue weighted by atomic mass is 35.5. The van der Waals surface area contributed by atoms with Gasteiger partial charge in [-0.1, -0.05) is 60.1 Å². The van der Waals surface area contributed by atoms with E-state index < -0.39 is 0 Å². The van der Waals surface area contributed by atoms with Crippen LogP contribution in [0.15, 0.2) is 65.8 Å². The number of hydrazone groups is 1. The number of nitrogens with one attached hydrogen (secondary N) is 1. The molecule has 3 aromatic rings.